The van der Waals surface area contributed by atoms with Gasteiger partial charge in [-0.15, -0.1) is 0 Å². The minimum Gasteiger partial charge on any atom is -0.341 e. The number of carbonyl (C=O) groups excluding carboxylic acids is 2. The highest BCUT2D eigenvalue weighted by Gasteiger charge is 2.03. The van der Waals surface area contributed by atoms with Crippen molar-refractivity contribution in [3.8, 4) is 0 Å². The second-order valence-electron chi connectivity index (χ2n) is 3.34. The standard InChI is InChI=1S/C10H20N4O2/c1-11-9(15)13(3)7-5-6-8-14(4)10(16)12-2/h5-6H,7-8H2,1-4H3,(H,11,15)(H,12,16)/b6-5-. The molecule has 0 aromatic heterocycles. The van der Waals surface area contributed by atoms with E-state index in [2.05, 4.69) is 10.6 Å². The van der Waals surface area contributed by atoms with Crippen molar-refractivity contribution in [1.29, 1.82) is 0 Å². The third-order valence-electron chi connectivity index (χ3n) is 2.05. The van der Waals surface area contributed by atoms with E-state index in [0.29, 0.717) is 13.1 Å². The lowest BCUT2D eigenvalue weighted by Crippen LogP contribution is -2.36. The van der Waals surface area contributed by atoms with Crippen molar-refractivity contribution in [3.05, 3.63) is 12.2 Å². The van der Waals surface area contributed by atoms with Gasteiger partial charge in [0.05, 0.1) is 0 Å². The number of nitrogens with one attached hydrogen (secondary N) is 2. The van der Waals surface area contributed by atoms with Crippen molar-refractivity contribution in [1.82, 2.24) is 20.4 Å². The Balaban J connectivity index is 3.86. The molecule has 0 spiro atoms. The molecule has 0 aromatic rings. The van der Waals surface area contributed by atoms with E-state index in [1.54, 1.807) is 28.2 Å². The summed E-state index contributed by atoms with van der Waals surface area (Å²) in [5, 5.41) is 5.04. The lowest BCUT2D eigenvalue weighted by molar-refractivity contribution is 0.213. The fraction of sp³-hybridized carbons (Fsp3) is 0.600. The van der Waals surface area contributed by atoms with Crippen LogP contribution < -0.4 is 10.6 Å². The second kappa shape index (κ2) is 7.56. The molecule has 6 heteroatoms. The summed E-state index contributed by atoms with van der Waals surface area (Å²) in [6, 6.07) is -0.270. The van der Waals surface area contributed by atoms with E-state index in [4.69, 9.17) is 0 Å². The van der Waals surface area contributed by atoms with Crippen molar-refractivity contribution < 1.29 is 9.59 Å². The van der Waals surface area contributed by atoms with Gasteiger partial charge in [-0.05, 0) is 0 Å². The smallest absolute Gasteiger partial charge is 0.317 e. The molecular formula is C10H20N4O2. The number of urea groups is 2. The van der Waals surface area contributed by atoms with Crippen LogP contribution in [0.25, 0.3) is 0 Å². The minimum atomic E-state index is -0.135. The average molecular weight is 228 g/mol. The Kier molecular flexibility index (Phi) is 6.74. The molecule has 0 bridgehead atoms. The molecule has 0 aliphatic rings. The summed E-state index contributed by atoms with van der Waals surface area (Å²) in [6.45, 7) is 1.03. The van der Waals surface area contributed by atoms with Gasteiger partial charge >= 0.3 is 12.1 Å². The first-order valence-corrected chi connectivity index (χ1v) is 5.03. The molecule has 0 aromatic carbocycles. The maximum Gasteiger partial charge on any atom is 0.317 e. The molecule has 0 rings (SSSR count). The van der Waals surface area contributed by atoms with Crippen LogP contribution in [0.15, 0.2) is 12.2 Å². The predicted octanol–water partition coefficient (Wildman–Crippen LogP) is 0.0850. The minimum absolute atomic E-state index is 0.135. The van der Waals surface area contributed by atoms with Crippen molar-refractivity contribution in [2.75, 3.05) is 41.3 Å². The molecule has 6 nitrogen and oxygen atoms in total. The summed E-state index contributed by atoms with van der Waals surface area (Å²) in [6.07, 6.45) is 3.68. The quantitative estimate of drug-likeness (QED) is 0.670. The van der Waals surface area contributed by atoms with Crippen LogP contribution >= 0.6 is 0 Å². The molecular weight excluding hydrogens is 208 g/mol. The zero-order chi connectivity index (χ0) is 12.6. The number of carbonyl (C=O) groups is 2. The average Bonchev–Trinajstić information content (AvgIpc) is 2.31. The highest BCUT2D eigenvalue weighted by molar-refractivity contribution is 5.74. The Labute approximate surface area is 96.3 Å². The zero-order valence-corrected chi connectivity index (χ0v) is 10.3. The third kappa shape index (κ3) is 5.23. The van der Waals surface area contributed by atoms with Gasteiger partial charge in [0.15, 0.2) is 0 Å². The van der Waals surface area contributed by atoms with Crippen LogP contribution in [0.5, 0.6) is 0 Å². The molecule has 0 unspecified atom stereocenters. The van der Waals surface area contributed by atoms with E-state index in [9.17, 15) is 9.59 Å². The van der Waals surface area contributed by atoms with Gasteiger partial charge in [0.25, 0.3) is 0 Å². The number of rotatable bonds is 4. The molecule has 16 heavy (non-hydrogen) atoms. The van der Waals surface area contributed by atoms with Crippen molar-refractivity contribution >= 4 is 12.1 Å². The van der Waals surface area contributed by atoms with E-state index in [-0.39, 0.29) is 12.1 Å². The highest BCUT2D eigenvalue weighted by atomic mass is 16.2. The molecule has 2 N–H and O–H groups in total. The van der Waals surface area contributed by atoms with Gasteiger partial charge < -0.3 is 20.4 Å². The Morgan fingerprint density at radius 3 is 1.50 bits per heavy atom. The molecule has 0 saturated heterocycles. The molecule has 92 valence electrons. The number of hydrogen-bond donors (Lipinski definition) is 2. The van der Waals surface area contributed by atoms with Gasteiger partial charge in [-0.2, -0.15) is 0 Å². The van der Waals surface area contributed by atoms with E-state index in [1.165, 1.54) is 9.80 Å². The molecule has 0 aliphatic heterocycles. The Morgan fingerprint density at radius 1 is 0.938 bits per heavy atom. The molecule has 4 amide bonds. The summed E-state index contributed by atoms with van der Waals surface area (Å²) in [5.41, 5.74) is 0. The van der Waals surface area contributed by atoms with Gasteiger partial charge in [-0.1, -0.05) is 12.2 Å². The lowest BCUT2D eigenvalue weighted by Gasteiger charge is -2.15. The van der Waals surface area contributed by atoms with Crippen LogP contribution in [-0.2, 0) is 0 Å². The topological polar surface area (TPSA) is 64.7 Å². The number of likely N-dealkylation sites (N-methyl/N-ethyl adjacent to an activating group) is 2. The SMILES string of the molecule is CNC(=O)N(C)C/C=C\CN(C)C(=O)NC. The van der Waals surface area contributed by atoms with E-state index >= 15 is 0 Å². The van der Waals surface area contributed by atoms with Crippen LogP contribution in [0.4, 0.5) is 9.59 Å². The molecule has 0 saturated carbocycles. The monoisotopic (exact) mass is 228 g/mol. The molecule has 0 aliphatic carbocycles. The highest BCUT2D eigenvalue weighted by Crippen LogP contribution is 1.88. The maximum absolute atomic E-state index is 11.1. The molecule has 0 fully saturated rings. The molecule has 0 radical (unpaired) electrons. The normalized spacial score (nSPS) is 10.0. The Morgan fingerprint density at radius 2 is 1.25 bits per heavy atom. The van der Waals surface area contributed by atoms with Gasteiger partial charge in [-0.25, -0.2) is 9.59 Å². The molecule has 0 atom stereocenters. The first-order chi connectivity index (χ1) is 7.52. The van der Waals surface area contributed by atoms with Crippen molar-refractivity contribution in [3.63, 3.8) is 0 Å². The van der Waals surface area contributed by atoms with Crippen molar-refractivity contribution in [2.45, 2.75) is 0 Å². The first kappa shape index (κ1) is 14.3. The van der Waals surface area contributed by atoms with Crippen LogP contribution in [0.1, 0.15) is 0 Å². The predicted molar refractivity (Wildman–Crippen MR) is 63.3 cm³/mol. The zero-order valence-electron chi connectivity index (χ0n) is 10.3. The number of amides is 4. The van der Waals surface area contributed by atoms with Gasteiger partial charge in [0.1, 0.15) is 0 Å². The summed E-state index contributed by atoms with van der Waals surface area (Å²) in [4.78, 5) is 25.3. The fourth-order valence-corrected chi connectivity index (χ4v) is 1.01. The van der Waals surface area contributed by atoms with Crippen molar-refractivity contribution in [2.24, 2.45) is 0 Å². The van der Waals surface area contributed by atoms with E-state index < -0.39 is 0 Å². The fourth-order valence-electron chi connectivity index (χ4n) is 1.01. The number of nitrogens with zero attached hydrogens (tertiary/aromatic N) is 2. The van der Waals surface area contributed by atoms with Crippen LogP contribution in [0.3, 0.4) is 0 Å². The largest absolute Gasteiger partial charge is 0.341 e. The van der Waals surface area contributed by atoms with Crippen LogP contribution in [-0.4, -0.2) is 63.1 Å². The van der Waals surface area contributed by atoms with Crippen LogP contribution in [0, 0.1) is 0 Å². The third-order valence-corrected chi connectivity index (χ3v) is 2.05. The van der Waals surface area contributed by atoms with Crippen LogP contribution in [0.2, 0.25) is 0 Å². The summed E-state index contributed by atoms with van der Waals surface area (Å²) in [5.74, 6) is 0. The first-order valence-electron chi connectivity index (χ1n) is 5.03. The van der Waals surface area contributed by atoms with Gasteiger partial charge in [0.2, 0.25) is 0 Å². The Hall–Kier alpha value is -1.72. The lowest BCUT2D eigenvalue weighted by atomic mass is 10.4. The van der Waals surface area contributed by atoms with E-state index in [0.717, 1.165) is 0 Å². The number of hydrogen-bond acceptors (Lipinski definition) is 2. The van der Waals surface area contributed by atoms with Gasteiger partial charge in [-0.3, -0.25) is 0 Å². The molecule has 0 heterocycles. The summed E-state index contributed by atoms with van der Waals surface area (Å²) < 4.78 is 0. The van der Waals surface area contributed by atoms with E-state index in [1.807, 2.05) is 12.2 Å². The summed E-state index contributed by atoms with van der Waals surface area (Å²) in [7, 11) is 6.57. The summed E-state index contributed by atoms with van der Waals surface area (Å²) >= 11 is 0. The Bertz CT molecular complexity index is 240. The second-order valence-corrected chi connectivity index (χ2v) is 3.34. The van der Waals surface area contributed by atoms with Gasteiger partial charge in [0, 0.05) is 41.3 Å². The maximum atomic E-state index is 11.1.